The molecule has 164 valence electrons. The van der Waals surface area contributed by atoms with E-state index in [-0.39, 0.29) is 34.9 Å². The van der Waals surface area contributed by atoms with Crippen molar-refractivity contribution in [1.82, 2.24) is 0 Å². The molecule has 0 aromatic heterocycles. The van der Waals surface area contributed by atoms with Crippen LogP contribution in [0.3, 0.4) is 0 Å². The Hall–Kier alpha value is -0.750. The molecule has 3 saturated carbocycles. The Balaban J connectivity index is 1.86. The van der Waals surface area contributed by atoms with Gasteiger partial charge in [-0.1, -0.05) is 26.8 Å². The summed E-state index contributed by atoms with van der Waals surface area (Å²) in [5, 5.41) is 21.1. The molecular formula is C24H38O5. The van der Waals surface area contributed by atoms with Gasteiger partial charge in [-0.15, -0.1) is 6.58 Å². The van der Waals surface area contributed by atoms with Crippen molar-refractivity contribution in [3.8, 4) is 0 Å². The van der Waals surface area contributed by atoms with Crippen LogP contribution in [-0.4, -0.2) is 47.7 Å². The number of hydrogen-bond donors (Lipinski definition) is 2. The van der Waals surface area contributed by atoms with E-state index in [1.165, 1.54) is 0 Å². The van der Waals surface area contributed by atoms with Crippen LogP contribution in [0.2, 0.25) is 0 Å². The third kappa shape index (κ3) is 3.07. The first-order valence-electron chi connectivity index (χ1n) is 11.4. The second kappa shape index (κ2) is 7.44. The number of rotatable bonds is 4. The highest BCUT2D eigenvalue weighted by atomic mass is 16.7. The van der Waals surface area contributed by atoms with Crippen molar-refractivity contribution in [1.29, 1.82) is 0 Å². The fraction of sp³-hybridized carbons (Fsp3) is 0.875. The zero-order chi connectivity index (χ0) is 21.0. The summed E-state index contributed by atoms with van der Waals surface area (Å²) in [5.41, 5.74) is -0.508. The zero-order valence-electron chi connectivity index (χ0n) is 18.2. The molecule has 0 amide bonds. The summed E-state index contributed by atoms with van der Waals surface area (Å²) in [6.07, 6.45) is 6.44. The number of ether oxygens (including phenoxy) is 2. The quantitative estimate of drug-likeness (QED) is 0.701. The molecular weight excluding hydrogens is 368 g/mol. The van der Waals surface area contributed by atoms with Crippen molar-refractivity contribution < 1.29 is 24.5 Å². The molecule has 1 saturated heterocycles. The molecule has 1 spiro atoms. The predicted molar refractivity (Wildman–Crippen MR) is 110 cm³/mol. The first-order chi connectivity index (χ1) is 13.7. The maximum absolute atomic E-state index is 12.4. The molecule has 8 atom stereocenters. The van der Waals surface area contributed by atoms with Crippen molar-refractivity contribution in [2.24, 2.45) is 40.4 Å². The number of carbonyl (C=O) groups is 1. The van der Waals surface area contributed by atoms with E-state index in [4.69, 9.17) is 9.47 Å². The van der Waals surface area contributed by atoms with Crippen molar-refractivity contribution in [2.75, 3.05) is 19.8 Å². The molecule has 4 fully saturated rings. The molecule has 1 aliphatic heterocycles. The maximum Gasteiger partial charge on any atom is 0.172 e. The molecule has 4 rings (SSSR count). The van der Waals surface area contributed by atoms with Crippen molar-refractivity contribution in [3.63, 3.8) is 0 Å². The standard InChI is InChI=1S/C24H38O5/c1-5-22(4)13-17(12-18(26)14-25)19-15(2)6-7-23(16(3)21(22)27)8-9-24(20(19)23)28-10-11-29-24/h5,15-17,19-21,25,27H,1,6-14H2,2-4H3/t15-,16-,17-,19?,20?,21+,22+,23+/m1/s1. The average Bonchev–Trinajstić information content (AvgIpc) is 3.32. The second-order valence-corrected chi connectivity index (χ2v) is 10.6. The number of aliphatic hydroxyl groups is 2. The molecule has 2 N–H and O–H groups in total. The summed E-state index contributed by atoms with van der Waals surface area (Å²) in [6.45, 7) is 11.5. The molecule has 0 aromatic rings. The van der Waals surface area contributed by atoms with Gasteiger partial charge in [-0.2, -0.15) is 0 Å². The number of Topliss-reactive ketones (excluding diaryl/α,β-unsaturated/α-hetero) is 1. The average molecular weight is 407 g/mol. The van der Waals surface area contributed by atoms with E-state index in [0.717, 1.165) is 25.7 Å². The third-order valence-electron chi connectivity index (χ3n) is 9.35. The van der Waals surface area contributed by atoms with Gasteiger partial charge in [0.25, 0.3) is 0 Å². The van der Waals surface area contributed by atoms with E-state index in [1.54, 1.807) is 0 Å². The van der Waals surface area contributed by atoms with Crippen LogP contribution in [0.15, 0.2) is 12.7 Å². The summed E-state index contributed by atoms with van der Waals surface area (Å²) in [5.74, 6) is 0.382. The molecule has 3 aliphatic carbocycles. The highest BCUT2D eigenvalue weighted by Crippen LogP contribution is 2.69. The van der Waals surface area contributed by atoms with Crippen molar-refractivity contribution in [2.45, 2.75) is 71.2 Å². The Kier molecular flexibility index (Phi) is 5.51. The maximum atomic E-state index is 12.4. The Labute approximate surface area is 174 Å². The molecule has 4 aliphatic rings. The summed E-state index contributed by atoms with van der Waals surface area (Å²) < 4.78 is 12.7. The fourth-order valence-corrected chi connectivity index (χ4v) is 7.88. The van der Waals surface area contributed by atoms with E-state index < -0.39 is 23.9 Å². The highest BCUT2D eigenvalue weighted by molar-refractivity contribution is 5.79. The summed E-state index contributed by atoms with van der Waals surface area (Å²) in [7, 11) is 0. The van der Waals surface area contributed by atoms with Gasteiger partial charge >= 0.3 is 0 Å². The van der Waals surface area contributed by atoms with Gasteiger partial charge in [0, 0.05) is 24.2 Å². The van der Waals surface area contributed by atoms with Gasteiger partial charge in [-0.25, -0.2) is 0 Å². The number of ketones is 1. The molecule has 5 heteroatoms. The molecule has 5 nitrogen and oxygen atoms in total. The Bertz CT molecular complexity index is 656. The van der Waals surface area contributed by atoms with Crippen molar-refractivity contribution >= 4 is 5.78 Å². The smallest absolute Gasteiger partial charge is 0.172 e. The lowest BCUT2D eigenvalue weighted by Crippen LogP contribution is -2.59. The van der Waals surface area contributed by atoms with Crippen LogP contribution < -0.4 is 0 Å². The largest absolute Gasteiger partial charge is 0.392 e. The zero-order valence-corrected chi connectivity index (χ0v) is 18.2. The van der Waals surface area contributed by atoms with Crippen LogP contribution in [0.4, 0.5) is 0 Å². The SMILES string of the molecule is C=C[C@@]1(C)C[C@@H](CC(=O)CO)C2C3C4(CC[C@@]3(CC[C@H]2C)[C@H](C)[C@@H]1O)OCCO4. The van der Waals surface area contributed by atoms with E-state index in [1.807, 2.05) is 6.08 Å². The molecule has 2 unspecified atom stereocenters. The van der Waals surface area contributed by atoms with Crippen LogP contribution in [0.25, 0.3) is 0 Å². The van der Waals surface area contributed by atoms with Gasteiger partial charge in [0.2, 0.25) is 0 Å². The molecule has 2 bridgehead atoms. The predicted octanol–water partition coefficient (Wildman–Crippen LogP) is 3.33. The topological polar surface area (TPSA) is 76.0 Å². The monoisotopic (exact) mass is 406 g/mol. The minimum atomic E-state index is -0.574. The van der Waals surface area contributed by atoms with E-state index in [0.29, 0.717) is 32.0 Å². The molecule has 0 radical (unpaired) electrons. The fourth-order valence-electron chi connectivity index (χ4n) is 7.88. The van der Waals surface area contributed by atoms with Crippen LogP contribution >= 0.6 is 0 Å². The summed E-state index contributed by atoms with van der Waals surface area (Å²) in [4.78, 5) is 12.4. The second-order valence-electron chi connectivity index (χ2n) is 10.6. The molecule has 1 heterocycles. The van der Waals surface area contributed by atoms with Crippen molar-refractivity contribution in [3.05, 3.63) is 12.7 Å². The third-order valence-corrected chi connectivity index (χ3v) is 9.35. The normalized spacial score (nSPS) is 48.7. The summed E-state index contributed by atoms with van der Waals surface area (Å²) in [6, 6.07) is 0. The summed E-state index contributed by atoms with van der Waals surface area (Å²) >= 11 is 0. The van der Waals surface area contributed by atoms with Gasteiger partial charge in [0.1, 0.15) is 6.61 Å². The van der Waals surface area contributed by atoms with E-state index >= 15 is 0 Å². The molecule has 0 aromatic carbocycles. The first kappa shape index (κ1) is 21.5. The van der Waals surface area contributed by atoms with Gasteiger partial charge in [0.15, 0.2) is 11.6 Å². The minimum Gasteiger partial charge on any atom is -0.392 e. The van der Waals surface area contributed by atoms with Crippen LogP contribution in [-0.2, 0) is 14.3 Å². The lowest BCUT2D eigenvalue weighted by atomic mass is 9.46. The number of aliphatic hydroxyl groups excluding tert-OH is 2. The Morgan fingerprint density at radius 2 is 1.90 bits per heavy atom. The van der Waals surface area contributed by atoms with Crippen LogP contribution in [0, 0.1) is 40.4 Å². The van der Waals surface area contributed by atoms with E-state index in [9.17, 15) is 15.0 Å². The Morgan fingerprint density at radius 3 is 2.52 bits per heavy atom. The highest BCUT2D eigenvalue weighted by Gasteiger charge is 2.69. The van der Waals surface area contributed by atoms with E-state index in [2.05, 4.69) is 27.4 Å². The van der Waals surface area contributed by atoms with Gasteiger partial charge < -0.3 is 19.7 Å². The van der Waals surface area contributed by atoms with Gasteiger partial charge in [-0.3, -0.25) is 4.79 Å². The van der Waals surface area contributed by atoms with Gasteiger partial charge in [0.05, 0.1) is 19.3 Å². The first-order valence-corrected chi connectivity index (χ1v) is 11.4. The Morgan fingerprint density at radius 1 is 1.21 bits per heavy atom. The molecule has 29 heavy (non-hydrogen) atoms. The van der Waals surface area contributed by atoms with Gasteiger partial charge in [-0.05, 0) is 54.8 Å². The number of carbonyl (C=O) groups excluding carboxylic acids is 1. The lowest BCUT2D eigenvalue weighted by molar-refractivity contribution is -0.246. The van der Waals surface area contributed by atoms with Crippen LogP contribution in [0.5, 0.6) is 0 Å². The minimum absolute atomic E-state index is 0.0495. The lowest BCUT2D eigenvalue weighted by Gasteiger charge is -2.60. The number of hydrogen-bond acceptors (Lipinski definition) is 5. The van der Waals surface area contributed by atoms with Crippen LogP contribution in [0.1, 0.15) is 59.3 Å².